The number of rotatable bonds is 2. The molecule has 0 fully saturated rings. The highest BCUT2D eigenvalue weighted by Gasteiger charge is 2.14. The van der Waals surface area contributed by atoms with Gasteiger partial charge in [0.25, 0.3) is 6.43 Å². The highest BCUT2D eigenvalue weighted by Crippen LogP contribution is 2.25. The van der Waals surface area contributed by atoms with E-state index in [9.17, 15) is 13.6 Å². The summed E-state index contributed by atoms with van der Waals surface area (Å²) < 4.78 is 24.3. The van der Waals surface area contributed by atoms with Crippen molar-refractivity contribution in [2.45, 2.75) is 6.43 Å². The summed E-state index contributed by atoms with van der Waals surface area (Å²) in [5.74, 6) is 0. The summed E-state index contributed by atoms with van der Waals surface area (Å²) >= 11 is 2.87. The minimum absolute atomic E-state index is 0.00725. The normalized spacial score (nSPS) is 10.5. The molecule has 0 aliphatic carbocycles. The molecule has 0 aromatic carbocycles. The molecule has 2 N–H and O–H groups in total. The third-order valence-electron chi connectivity index (χ3n) is 1.41. The highest BCUT2D eigenvalue weighted by atomic mass is 79.9. The molecule has 0 atom stereocenters. The molecule has 6 heteroatoms. The van der Waals surface area contributed by atoms with Gasteiger partial charge < -0.3 is 5.73 Å². The van der Waals surface area contributed by atoms with E-state index in [1.54, 1.807) is 0 Å². The van der Waals surface area contributed by atoms with Crippen molar-refractivity contribution in [3.8, 4) is 0 Å². The predicted octanol–water partition coefficient (Wildman–Crippen LogP) is 2.18. The van der Waals surface area contributed by atoms with Crippen LogP contribution in [0.5, 0.6) is 0 Å². The molecule has 13 heavy (non-hydrogen) atoms. The van der Waals surface area contributed by atoms with E-state index in [0.717, 1.165) is 6.07 Å². The van der Waals surface area contributed by atoms with Gasteiger partial charge in [-0.05, 0) is 22.0 Å². The van der Waals surface area contributed by atoms with Gasteiger partial charge in [-0.2, -0.15) is 0 Å². The summed E-state index contributed by atoms with van der Waals surface area (Å²) in [6, 6.07) is 0.985. The average Bonchev–Trinajstić information content (AvgIpc) is 2.03. The van der Waals surface area contributed by atoms with E-state index in [-0.39, 0.29) is 15.9 Å². The molecule has 0 amide bonds. The summed E-state index contributed by atoms with van der Waals surface area (Å²) in [4.78, 5) is 13.9. The van der Waals surface area contributed by atoms with Crippen molar-refractivity contribution < 1.29 is 13.6 Å². The second-order valence-electron chi connectivity index (χ2n) is 2.26. The van der Waals surface area contributed by atoms with Crippen LogP contribution in [0.1, 0.15) is 22.5 Å². The van der Waals surface area contributed by atoms with Crippen LogP contribution in [0, 0.1) is 0 Å². The first-order chi connectivity index (χ1) is 6.06. The molecule has 0 aliphatic rings. The van der Waals surface area contributed by atoms with E-state index < -0.39 is 12.1 Å². The van der Waals surface area contributed by atoms with Crippen LogP contribution in [-0.2, 0) is 0 Å². The molecule has 0 saturated carbocycles. The number of hydrogen-bond acceptors (Lipinski definition) is 3. The SMILES string of the molecule is Nc1cc(C(F)F)nc(Br)c1C=O. The van der Waals surface area contributed by atoms with Gasteiger partial charge in [-0.15, -0.1) is 0 Å². The highest BCUT2D eigenvalue weighted by molar-refractivity contribution is 9.10. The number of aldehydes is 1. The van der Waals surface area contributed by atoms with E-state index >= 15 is 0 Å². The predicted molar refractivity (Wildman–Crippen MR) is 46.7 cm³/mol. The first-order valence-electron chi connectivity index (χ1n) is 3.25. The quantitative estimate of drug-likeness (QED) is 0.647. The number of nitrogen functional groups attached to an aromatic ring is 1. The molecule has 1 aromatic rings. The number of nitrogens with zero attached hydrogens (tertiary/aromatic N) is 1. The smallest absolute Gasteiger partial charge is 0.280 e. The summed E-state index contributed by atoms with van der Waals surface area (Å²) in [6.07, 6.45) is -2.24. The Bertz CT molecular complexity index is 320. The third-order valence-corrected chi connectivity index (χ3v) is 2.01. The number of carbonyl (C=O) groups is 1. The second-order valence-corrected chi connectivity index (χ2v) is 3.01. The molecule has 0 unspecified atom stereocenters. The Balaban J connectivity index is 3.28. The molecule has 0 spiro atoms. The minimum Gasteiger partial charge on any atom is -0.398 e. The Kier molecular flexibility index (Phi) is 2.92. The van der Waals surface area contributed by atoms with Gasteiger partial charge in [-0.3, -0.25) is 4.79 Å². The van der Waals surface area contributed by atoms with Crippen LogP contribution in [0.4, 0.5) is 14.5 Å². The van der Waals surface area contributed by atoms with Crippen molar-refractivity contribution in [3.63, 3.8) is 0 Å². The van der Waals surface area contributed by atoms with Gasteiger partial charge in [-0.25, -0.2) is 13.8 Å². The molecular weight excluding hydrogens is 246 g/mol. The van der Waals surface area contributed by atoms with Gasteiger partial charge in [0.2, 0.25) is 0 Å². The van der Waals surface area contributed by atoms with Gasteiger partial charge in [0, 0.05) is 5.69 Å². The average molecular weight is 251 g/mol. The van der Waals surface area contributed by atoms with E-state index in [2.05, 4.69) is 20.9 Å². The molecule has 1 heterocycles. The molecule has 3 nitrogen and oxygen atoms in total. The lowest BCUT2D eigenvalue weighted by atomic mass is 10.2. The van der Waals surface area contributed by atoms with Gasteiger partial charge in [-0.1, -0.05) is 0 Å². The summed E-state index contributed by atoms with van der Waals surface area (Å²) in [7, 11) is 0. The summed E-state index contributed by atoms with van der Waals surface area (Å²) in [5.41, 5.74) is 4.97. The maximum absolute atomic E-state index is 12.1. The third kappa shape index (κ3) is 2.00. The molecule has 1 rings (SSSR count). The van der Waals surface area contributed by atoms with Crippen molar-refractivity contribution in [2.24, 2.45) is 0 Å². The first kappa shape index (κ1) is 10.0. The number of halogens is 3. The Morgan fingerprint density at radius 1 is 1.62 bits per heavy atom. The van der Waals surface area contributed by atoms with Crippen LogP contribution in [-0.4, -0.2) is 11.3 Å². The number of nitrogens with two attached hydrogens (primary N) is 1. The Morgan fingerprint density at radius 2 is 2.23 bits per heavy atom. The van der Waals surface area contributed by atoms with Crippen molar-refractivity contribution in [1.29, 1.82) is 0 Å². The van der Waals surface area contributed by atoms with Crippen molar-refractivity contribution >= 4 is 27.9 Å². The topological polar surface area (TPSA) is 56.0 Å². The fourth-order valence-corrected chi connectivity index (χ4v) is 1.32. The Hall–Kier alpha value is -1.04. The van der Waals surface area contributed by atoms with Gasteiger partial charge in [0.1, 0.15) is 10.3 Å². The van der Waals surface area contributed by atoms with E-state index in [1.807, 2.05) is 0 Å². The maximum Gasteiger partial charge on any atom is 0.280 e. The van der Waals surface area contributed by atoms with E-state index in [1.165, 1.54) is 0 Å². The van der Waals surface area contributed by atoms with Crippen molar-refractivity contribution in [3.05, 3.63) is 21.9 Å². The second kappa shape index (κ2) is 3.78. The van der Waals surface area contributed by atoms with Crippen molar-refractivity contribution in [1.82, 2.24) is 4.98 Å². The molecule has 0 saturated heterocycles. The monoisotopic (exact) mass is 250 g/mol. The van der Waals surface area contributed by atoms with Gasteiger partial charge >= 0.3 is 0 Å². The molecule has 0 radical (unpaired) electrons. The number of anilines is 1. The largest absolute Gasteiger partial charge is 0.398 e. The van der Waals surface area contributed by atoms with Crippen LogP contribution in [0.3, 0.4) is 0 Å². The van der Waals surface area contributed by atoms with E-state index in [4.69, 9.17) is 5.73 Å². The van der Waals surface area contributed by atoms with Gasteiger partial charge in [0.05, 0.1) is 5.56 Å². The summed E-state index contributed by atoms with van der Waals surface area (Å²) in [5, 5.41) is 0. The van der Waals surface area contributed by atoms with Crippen LogP contribution >= 0.6 is 15.9 Å². The fraction of sp³-hybridized carbons (Fsp3) is 0.143. The molecule has 1 aromatic heterocycles. The molecule has 70 valence electrons. The molecule has 0 bridgehead atoms. The lowest BCUT2D eigenvalue weighted by molar-refractivity contribution is 0.112. The van der Waals surface area contributed by atoms with Crippen LogP contribution in [0.25, 0.3) is 0 Å². The molecular formula is C7H5BrF2N2O. The molecule has 0 aliphatic heterocycles. The van der Waals surface area contributed by atoms with Gasteiger partial charge in [0.15, 0.2) is 6.29 Å². The number of aromatic nitrogens is 1. The van der Waals surface area contributed by atoms with Crippen LogP contribution < -0.4 is 5.73 Å². The van der Waals surface area contributed by atoms with Crippen LogP contribution in [0.15, 0.2) is 10.7 Å². The fourth-order valence-electron chi connectivity index (χ4n) is 0.790. The summed E-state index contributed by atoms with van der Waals surface area (Å²) in [6.45, 7) is 0. The standard InChI is InChI=1S/C7H5BrF2N2O/c8-6-3(2-13)4(11)1-5(12-6)7(9)10/h1-2,7H,(H2,11,12). The van der Waals surface area contributed by atoms with Crippen LogP contribution in [0.2, 0.25) is 0 Å². The number of carbonyl (C=O) groups excluding carboxylic acids is 1. The van der Waals surface area contributed by atoms with Crippen molar-refractivity contribution in [2.75, 3.05) is 5.73 Å². The maximum atomic E-state index is 12.1. The van der Waals surface area contributed by atoms with E-state index in [0.29, 0.717) is 6.29 Å². The Labute approximate surface area is 81.1 Å². The lowest BCUT2D eigenvalue weighted by Crippen LogP contribution is -2.00. The minimum atomic E-state index is -2.70. The number of pyridine rings is 1. The number of hydrogen-bond donors (Lipinski definition) is 1. The lowest BCUT2D eigenvalue weighted by Gasteiger charge is -2.04. The zero-order valence-corrected chi connectivity index (χ0v) is 7.88. The zero-order valence-electron chi connectivity index (χ0n) is 6.30. The number of alkyl halides is 2. The first-order valence-corrected chi connectivity index (χ1v) is 4.04. The zero-order chi connectivity index (χ0) is 10.0. The Morgan fingerprint density at radius 3 is 2.62 bits per heavy atom.